The molecule has 0 bridgehead atoms. The molecule has 1 aliphatic rings. The standard InChI is InChI=1S/C19H26N2O4/c22-17(11-10-14-6-4-5-7-14)21-13-18(23)20-12-16(19(24)25)15-8-2-1-3-9-15/h1-3,8-9,14,16H,4-7,10-13H2,(H,20,23)(H,21,22)(H,24,25). The molecule has 2 amide bonds. The van der Waals surface area contributed by atoms with Crippen LogP contribution in [0, 0.1) is 5.92 Å². The Hall–Kier alpha value is -2.37. The van der Waals surface area contributed by atoms with E-state index in [0.717, 1.165) is 6.42 Å². The molecule has 0 heterocycles. The van der Waals surface area contributed by atoms with Crippen molar-refractivity contribution in [3.05, 3.63) is 35.9 Å². The number of rotatable bonds is 9. The SMILES string of the molecule is O=C(CCC1CCCC1)NCC(=O)NCC(C(=O)O)c1ccccc1. The normalized spacial score (nSPS) is 15.5. The summed E-state index contributed by atoms with van der Waals surface area (Å²) in [5.74, 6) is -1.66. The van der Waals surface area contributed by atoms with Crippen LogP contribution in [0.5, 0.6) is 0 Å². The van der Waals surface area contributed by atoms with E-state index in [-0.39, 0.29) is 24.9 Å². The van der Waals surface area contributed by atoms with Crippen molar-refractivity contribution in [1.29, 1.82) is 0 Å². The molecule has 1 saturated carbocycles. The van der Waals surface area contributed by atoms with Crippen LogP contribution in [0.15, 0.2) is 30.3 Å². The van der Waals surface area contributed by atoms with Gasteiger partial charge in [-0.2, -0.15) is 0 Å². The van der Waals surface area contributed by atoms with Gasteiger partial charge in [-0.15, -0.1) is 0 Å². The number of nitrogens with one attached hydrogen (secondary N) is 2. The van der Waals surface area contributed by atoms with Gasteiger partial charge in [-0.3, -0.25) is 14.4 Å². The molecule has 1 aromatic carbocycles. The Balaban J connectivity index is 1.68. The highest BCUT2D eigenvalue weighted by atomic mass is 16.4. The summed E-state index contributed by atoms with van der Waals surface area (Å²) < 4.78 is 0. The predicted molar refractivity (Wildman–Crippen MR) is 94.0 cm³/mol. The van der Waals surface area contributed by atoms with Crippen molar-refractivity contribution in [2.45, 2.75) is 44.4 Å². The molecule has 0 saturated heterocycles. The number of carboxylic acids is 1. The summed E-state index contributed by atoms with van der Waals surface area (Å²) in [5.41, 5.74) is 0.635. The Labute approximate surface area is 148 Å². The number of aliphatic carboxylic acids is 1. The molecule has 3 N–H and O–H groups in total. The van der Waals surface area contributed by atoms with Crippen LogP contribution in [-0.2, 0) is 14.4 Å². The van der Waals surface area contributed by atoms with Gasteiger partial charge in [-0.1, -0.05) is 56.0 Å². The van der Waals surface area contributed by atoms with Crippen molar-refractivity contribution in [3.63, 3.8) is 0 Å². The molecule has 6 heteroatoms. The second kappa shape index (κ2) is 9.81. The Morgan fingerprint density at radius 1 is 1.04 bits per heavy atom. The molecule has 0 aromatic heterocycles. The zero-order valence-corrected chi connectivity index (χ0v) is 14.4. The molecule has 6 nitrogen and oxygen atoms in total. The lowest BCUT2D eigenvalue weighted by Crippen LogP contribution is -2.39. The Morgan fingerprint density at radius 2 is 1.72 bits per heavy atom. The highest BCUT2D eigenvalue weighted by Crippen LogP contribution is 2.28. The molecule has 0 radical (unpaired) electrons. The average Bonchev–Trinajstić information content (AvgIpc) is 3.12. The molecule has 25 heavy (non-hydrogen) atoms. The zero-order valence-electron chi connectivity index (χ0n) is 14.4. The fourth-order valence-electron chi connectivity index (χ4n) is 3.21. The van der Waals surface area contributed by atoms with Gasteiger partial charge in [0.25, 0.3) is 0 Å². The van der Waals surface area contributed by atoms with E-state index in [9.17, 15) is 19.5 Å². The van der Waals surface area contributed by atoms with Crippen molar-refractivity contribution < 1.29 is 19.5 Å². The fraction of sp³-hybridized carbons (Fsp3) is 0.526. The molecule has 1 atom stereocenters. The highest BCUT2D eigenvalue weighted by Gasteiger charge is 2.20. The third-order valence-electron chi connectivity index (χ3n) is 4.70. The van der Waals surface area contributed by atoms with Gasteiger partial charge in [0, 0.05) is 13.0 Å². The summed E-state index contributed by atoms with van der Waals surface area (Å²) in [6.07, 6.45) is 6.22. The monoisotopic (exact) mass is 346 g/mol. The molecular weight excluding hydrogens is 320 g/mol. The van der Waals surface area contributed by atoms with Crippen LogP contribution in [0.3, 0.4) is 0 Å². The third kappa shape index (κ3) is 6.57. The second-order valence-electron chi connectivity index (χ2n) is 6.57. The van der Waals surface area contributed by atoms with Crippen LogP contribution in [0.2, 0.25) is 0 Å². The van der Waals surface area contributed by atoms with Crippen molar-refractivity contribution in [2.24, 2.45) is 5.92 Å². The first-order chi connectivity index (χ1) is 12.1. The number of hydrogen-bond acceptors (Lipinski definition) is 3. The van der Waals surface area contributed by atoms with Crippen LogP contribution in [0.25, 0.3) is 0 Å². The van der Waals surface area contributed by atoms with E-state index in [4.69, 9.17) is 0 Å². The molecule has 2 rings (SSSR count). The summed E-state index contributed by atoms with van der Waals surface area (Å²) >= 11 is 0. The average molecular weight is 346 g/mol. The summed E-state index contributed by atoms with van der Waals surface area (Å²) in [6.45, 7) is -0.124. The summed E-state index contributed by atoms with van der Waals surface area (Å²) in [6, 6.07) is 8.77. The predicted octanol–water partition coefficient (Wildman–Crippen LogP) is 2.06. The number of carbonyl (C=O) groups is 3. The molecule has 136 valence electrons. The number of hydrogen-bond donors (Lipinski definition) is 3. The molecule has 1 unspecified atom stereocenters. The lowest BCUT2D eigenvalue weighted by atomic mass is 9.99. The van der Waals surface area contributed by atoms with Gasteiger partial charge in [0.15, 0.2) is 0 Å². The summed E-state index contributed by atoms with van der Waals surface area (Å²) in [4.78, 5) is 35.0. The summed E-state index contributed by atoms with van der Waals surface area (Å²) in [7, 11) is 0. The minimum absolute atomic E-state index is 0.00384. The Kier molecular flexibility index (Phi) is 7.44. The van der Waals surface area contributed by atoms with Gasteiger partial charge < -0.3 is 15.7 Å². The number of amides is 2. The maximum absolute atomic E-state index is 11.8. The first-order valence-corrected chi connectivity index (χ1v) is 8.87. The van der Waals surface area contributed by atoms with E-state index in [0.29, 0.717) is 17.9 Å². The molecule has 1 aromatic rings. The third-order valence-corrected chi connectivity index (χ3v) is 4.70. The van der Waals surface area contributed by atoms with Crippen molar-refractivity contribution >= 4 is 17.8 Å². The van der Waals surface area contributed by atoms with Gasteiger partial charge in [0.1, 0.15) is 0 Å². The van der Waals surface area contributed by atoms with Crippen LogP contribution in [0.1, 0.15) is 50.0 Å². The number of carboxylic acid groups (broad SMARTS) is 1. The molecule has 0 spiro atoms. The fourth-order valence-corrected chi connectivity index (χ4v) is 3.21. The van der Waals surface area contributed by atoms with E-state index < -0.39 is 11.9 Å². The van der Waals surface area contributed by atoms with E-state index >= 15 is 0 Å². The van der Waals surface area contributed by atoms with Gasteiger partial charge >= 0.3 is 5.97 Å². The molecule has 1 fully saturated rings. The molecular formula is C19H26N2O4. The molecule has 0 aliphatic heterocycles. The Bertz CT molecular complexity index is 582. The maximum atomic E-state index is 11.8. The van der Waals surface area contributed by atoms with Gasteiger partial charge in [0.05, 0.1) is 12.5 Å². The van der Waals surface area contributed by atoms with Crippen molar-refractivity contribution in [3.8, 4) is 0 Å². The second-order valence-corrected chi connectivity index (χ2v) is 6.57. The van der Waals surface area contributed by atoms with E-state index in [1.54, 1.807) is 24.3 Å². The van der Waals surface area contributed by atoms with E-state index in [2.05, 4.69) is 10.6 Å². The lowest BCUT2D eigenvalue weighted by molar-refractivity contribution is -0.138. The van der Waals surface area contributed by atoms with Gasteiger partial charge in [0.2, 0.25) is 11.8 Å². The van der Waals surface area contributed by atoms with Crippen LogP contribution < -0.4 is 10.6 Å². The number of carbonyl (C=O) groups excluding carboxylic acids is 2. The van der Waals surface area contributed by atoms with Crippen LogP contribution in [-0.4, -0.2) is 36.0 Å². The smallest absolute Gasteiger partial charge is 0.312 e. The van der Waals surface area contributed by atoms with Gasteiger partial charge in [-0.05, 0) is 17.9 Å². The zero-order chi connectivity index (χ0) is 18.1. The van der Waals surface area contributed by atoms with Crippen LogP contribution >= 0.6 is 0 Å². The largest absolute Gasteiger partial charge is 0.481 e. The van der Waals surface area contributed by atoms with E-state index in [1.807, 2.05) is 6.07 Å². The minimum Gasteiger partial charge on any atom is -0.481 e. The minimum atomic E-state index is -0.993. The van der Waals surface area contributed by atoms with Crippen molar-refractivity contribution in [1.82, 2.24) is 10.6 Å². The highest BCUT2D eigenvalue weighted by molar-refractivity contribution is 5.85. The van der Waals surface area contributed by atoms with Crippen molar-refractivity contribution in [2.75, 3.05) is 13.1 Å². The first-order valence-electron chi connectivity index (χ1n) is 8.87. The maximum Gasteiger partial charge on any atom is 0.312 e. The topological polar surface area (TPSA) is 95.5 Å². The van der Waals surface area contributed by atoms with E-state index in [1.165, 1.54) is 25.7 Å². The lowest BCUT2D eigenvalue weighted by Gasteiger charge is -2.14. The number of benzene rings is 1. The summed E-state index contributed by atoms with van der Waals surface area (Å²) in [5, 5.41) is 14.5. The van der Waals surface area contributed by atoms with Gasteiger partial charge in [-0.25, -0.2) is 0 Å². The van der Waals surface area contributed by atoms with Crippen LogP contribution in [0.4, 0.5) is 0 Å². The first kappa shape index (κ1) is 19.0. The quantitative estimate of drug-likeness (QED) is 0.638. The molecule has 1 aliphatic carbocycles. The Morgan fingerprint density at radius 3 is 2.36 bits per heavy atom.